The zero-order valence-electron chi connectivity index (χ0n) is 13.1. The molecule has 0 radical (unpaired) electrons. The number of carbonyl (C=O) groups excluding carboxylic acids is 1. The summed E-state index contributed by atoms with van der Waals surface area (Å²) in [6.45, 7) is 0. The van der Waals surface area contributed by atoms with Crippen LogP contribution in [0.3, 0.4) is 0 Å². The molecule has 0 aliphatic carbocycles. The van der Waals surface area contributed by atoms with Crippen LogP contribution in [0.25, 0.3) is 0 Å². The first-order valence-corrected chi connectivity index (χ1v) is 8.24. The number of carbonyl (C=O) groups is 1. The maximum Gasteiger partial charge on any atom is 0.586 e. The standard InChI is InChI=1S/C16H18ClF2NO4/c1-22-14(21)15(6-2-8-17)7-5-11(20-15)10-3-4-12-13(9-10)24-16(18,19)23-12/h3-4,9,11,20H,2,5-8H2,1H3. The molecular formula is C16H18ClF2NO4. The van der Waals surface area contributed by atoms with Gasteiger partial charge in [-0.2, -0.15) is 0 Å². The minimum Gasteiger partial charge on any atom is -0.468 e. The highest BCUT2D eigenvalue weighted by Gasteiger charge is 2.47. The Labute approximate surface area is 143 Å². The molecule has 1 aromatic carbocycles. The van der Waals surface area contributed by atoms with Gasteiger partial charge in [0.05, 0.1) is 7.11 Å². The van der Waals surface area contributed by atoms with Gasteiger partial charge in [-0.05, 0) is 43.4 Å². The van der Waals surface area contributed by atoms with Gasteiger partial charge in [0, 0.05) is 11.9 Å². The third kappa shape index (κ3) is 3.15. The van der Waals surface area contributed by atoms with Crippen LogP contribution in [-0.2, 0) is 9.53 Å². The molecule has 1 aromatic rings. The quantitative estimate of drug-likeness (QED) is 0.643. The van der Waals surface area contributed by atoms with E-state index in [0.29, 0.717) is 31.6 Å². The lowest BCUT2D eigenvalue weighted by Gasteiger charge is -2.27. The molecule has 1 N–H and O–H groups in total. The molecule has 2 atom stereocenters. The highest BCUT2D eigenvalue weighted by Crippen LogP contribution is 2.44. The van der Waals surface area contributed by atoms with Crippen molar-refractivity contribution in [1.29, 1.82) is 0 Å². The number of benzene rings is 1. The summed E-state index contributed by atoms with van der Waals surface area (Å²) >= 11 is 5.75. The van der Waals surface area contributed by atoms with Crippen molar-refractivity contribution < 1.29 is 27.8 Å². The van der Waals surface area contributed by atoms with E-state index in [0.717, 1.165) is 5.56 Å². The first kappa shape index (κ1) is 17.2. The number of hydrogen-bond donors (Lipinski definition) is 1. The third-order valence-corrected chi connectivity index (χ3v) is 4.72. The second kappa shape index (κ2) is 6.37. The highest BCUT2D eigenvalue weighted by molar-refractivity contribution is 6.17. The largest absolute Gasteiger partial charge is 0.586 e. The smallest absolute Gasteiger partial charge is 0.468 e. The zero-order valence-corrected chi connectivity index (χ0v) is 13.9. The topological polar surface area (TPSA) is 56.8 Å². The Hall–Kier alpha value is -1.60. The fourth-order valence-electron chi connectivity index (χ4n) is 3.33. The molecule has 2 heterocycles. The van der Waals surface area contributed by atoms with Crippen LogP contribution in [0.2, 0.25) is 0 Å². The van der Waals surface area contributed by atoms with Crippen molar-refractivity contribution in [2.24, 2.45) is 0 Å². The minimum atomic E-state index is -3.64. The van der Waals surface area contributed by atoms with Crippen LogP contribution in [0, 0.1) is 0 Å². The van der Waals surface area contributed by atoms with Crippen molar-refractivity contribution >= 4 is 17.6 Å². The summed E-state index contributed by atoms with van der Waals surface area (Å²) in [5.41, 5.74) is -0.0408. The summed E-state index contributed by atoms with van der Waals surface area (Å²) in [6.07, 6.45) is -1.15. The molecule has 0 aromatic heterocycles. The Balaban J connectivity index is 1.79. The van der Waals surface area contributed by atoms with Gasteiger partial charge in [0.1, 0.15) is 5.54 Å². The average Bonchev–Trinajstić information content (AvgIpc) is 3.11. The lowest BCUT2D eigenvalue weighted by Crippen LogP contribution is -2.49. The summed E-state index contributed by atoms with van der Waals surface area (Å²) < 4.78 is 40.1. The zero-order chi connectivity index (χ0) is 17.4. The SMILES string of the molecule is COC(=O)C1(CCCCl)CCC(c2ccc3c(c2)OC(F)(F)O3)N1. The average molecular weight is 362 g/mol. The number of methoxy groups -OCH3 is 1. The fourth-order valence-corrected chi connectivity index (χ4v) is 3.46. The summed E-state index contributed by atoms with van der Waals surface area (Å²) in [6, 6.07) is 4.49. The van der Waals surface area contributed by atoms with Crippen LogP contribution >= 0.6 is 11.6 Å². The Morgan fingerprint density at radius 2 is 2.17 bits per heavy atom. The lowest BCUT2D eigenvalue weighted by molar-refractivity contribution is -0.286. The molecule has 24 heavy (non-hydrogen) atoms. The maximum absolute atomic E-state index is 13.1. The molecule has 2 aliphatic rings. The van der Waals surface area contributed by atoms with Crippen LogP contribution in [0.15, 0.2) is 18.2 Å². The molecule has 0 bridgehead atoms. The predicted octanol–water partition coefficient (Wildman–Crippen LogP) is 3.36. The van der Waals surface area contributed by atoms with Crippen LogP contribution < -0.4 is 14.8 Å². The molecule has 1 saturated heterocycles. The van der Waals surface area contributed by atoms with Crippen molar-refractivity contribution in [3.8, 4) is 11.5 Å². The van der Waals surface area contributed by atoms with Gasteiger partial charge in [0.15, 0.2) is 11.5 Å². The van der Waals surface area contributed by atoms with E-state index in [4.69, 9.17) is 16.3 Å². The molecule has 0 spiro atoms. The van der Waals surface area contributed by atoms with E-state index in [9.17, 15) is 13.6 Å². The van der Waals surface area contributed by atoms with Gasteiger partial charge < -0.3 is 14.2 Å². The number of alkyl halides is 3. The number of esters is 1. The molecule has 5 nitrogen and oxygen atoms in total. The summed E-state index contributed by atoms with van der Waals surface area (Å²) in [5.74, 6) is 0.116. The molecule has 2 unspecified atom stereocenters. The van der Waals surface area contributed by atoms with Gasteiger partial charge in [-0.25, -0.2) is 0 Å². The Bertz CT molecular complexity index is 643. The van der Waals surface area contributed by atoms with Crippen molar-refractivity contribution in [2.45, 2.75) is 43.6 Å². The van der Waals surface area contributed by atoms with Crippen LogP contribution in [-0.4, -0.2) is 30.8 Å². The number of nitrogens with one attached hydrogen (secondary N) is 1. The van der Waals surface area contributed by atoms with E-state index in [2.05, 4.69) is 14.8 Å². The van der Waals surface area contributed by atoms with E-state index in [1.807, 2.05) is 0 Å². The second-order valence-corrected chi connectivity index (χ2v) is 6.35. The van der Waals surface area contributed by atoms with Gasteiger partial charge in [0.2, 0.25) is 0 Å². The van der Waals surface area contributed by atoms with Gasteiger partial charge >= 0.3 is 12.3 Å². The van der Waals surface area contributed by atoms with Crippen LogP contribution in [0.1, 0.15) is 37.3 Å². The van der Waals surface area contributed by atoms with Crippen molar-refractivity contribution in [3.05, 3.63) is 23.8 Å². The predicted molar refractivity (Wildman–Crippen MR) is 82.5 cm³/mol. The monoisotopic (exact) mass is 361 g/mol. The molecule has 8 heteroatoms. The molecule has 132 valence electrons. The molecule has 3 rings (SSSR count). The van der Waals surface area contributed by atoms with Gasteiger partial charge in [-0.15, -0.1) is 20.4 Å². The number of fused-ring (bicyclic) bond motifs is 1. The van der Waals surface area contributed by atoms with Gasteiger partial charge in [-0.3, -0.25) is 10.1 Å². The van der Waals surface area contributed by atoms with Crippen molar-refractivity contribution in [2.75, 3.05) is 13.0 Å². The summed E-state index contributed by atoms with van der Waals surface area (Å²) in [4.78, 5) is 12.2. The normalized spacial score (nSPS) is 27.2. The first-order chi connectivity index (χ1) is 11.4. The summed E-state index contributed by atoms with van der Waals surface area (Å²) in [5, 5.41) is 3.30. The Morgan fingerprint density at radius 1 is 1.42 bits per heavy atom. The Kier molecular flexibility index (Phi) is 4.57. The molecule has 2 aliphatic heterocycles. The van der Waals surface area contributed by atoms with Crippen molar-refractivity contribution in [1.82, 2.24) is 5.32 Å². The van der Waals surface area contributed by atoms with Gasteiger partial charge in [0.25, 0.3) is 0 Å². The van der Waals surface area contributed by atoms with E-state index in [1.54, 1.807) is 6.07 Å². The van der Waals surface area contributed by atoms with E-state index in [1.165, 1.54) is 19.2 Å². The lowest BCUT2D eigenvalue weighted by atomic mass is 9.92. The Morgan fingerprint density at radius 3 is 2.88 bits per heavy atom. The molecule has 0 saturated carbocycles. The van der Waals surface area contributed by atoms with Crippen molar-refractivity contribution in [3.63, 3.8) is 0 Å². The number of halogens is 3. The third-order valence-electron chi connectivity index (χ3n) is 4.45. The number of ether oxygens (including phenoxy) is 3. The molecule has 1 fully saturated rings. The van der Waals surface area contributed by atoms with E-state index < -0.39 is 11.8 Å². The minimum absolute atomic E-state index is 0.00289. The fraction of sp³-hybridized carbons (Fsp3) is 0.562. The van der Waals surface area contributed by atoms with Crippen LogP contribution in [0.4, 0.5) is 8.78 Å². The number of hydrogen-bond acceptors (Lipinski definition) is 5. The first-order valence-electron chi connectivity index (χ1n) is 7.71. The maximum atomic E-state index is 13.1. The van der Waals surface area contributed by atoms with E-state index in [-0.39, 0.29) is 23.5 Å². The number of rotatable bonds is 5. The van der Waals surface area contributed by atoms with E-state index >= 15 is 0 Å². The highest BCUT2D eigenvalue weighted by atomic mass is 35.5. The van der Waals surface area contributed by atoms with Gasteiger partial charge in [-0.1, -0.05) is 6.07 Å². The molecular weight excluding hydrogens is 344 g/mol. The second-order valence-electron chi connectivity index (χ2n) is 5.98. The summed E-state index contributed by atoms with van der Waals surface area (Å²) in [7, 11) is 1.35. The molecule has 0 amide bonds. The van der Waals surface area contributed by atoms with Crippen LogP contribution in [0.5, 0.6) is 11.5 Å².